The van der Waals surface area contributed by atoms with E-state index in [4.69, 9.17) is 0 Å². The van der Waals surface area contributed by atoms with Crippen molar-refractivity contribution < 1.29 is 4.79 Å². The van der Waals surface area contributed by atoms with Gasteiger partial charge in [-0.1, -0.05) is 6.92 Å². The number of rotatable bonds is 2. The highest BCUT2D eigenvalue weighted by Crippen LogP contribution is 2.65. The Balaban J connectivity index is 1.50. The van der Waals surface area contributed by atoms with Crippen LogP contribution in [0.3, 0.4) is 0 Å². The number of amides is 1. The zero-order chi connectivity index (χ0) is 13.8. The summed E-state index contributed by atoms with van der Waals surface area (Å²) in [6.07, 6.45) is 10.00. The second-order valence-corrected chi connectivity index (χ2v) is 8.57. The maximum atomic E-state index is 13.0. The summed E-state index contributed by atoms with van der Waals surface area (Å²) in [4.78, 5) is 13.0. The van der Waals surface area contributed by atoms with Gasteiger partial charge in [-0.2, -0.15) is 0 Å². The lowest BCUT2D eigenvalue weighted by atomic mass is 9.44. The van der Waals surface area contributed by atoms with Crippen molar-refractivity contribution in [3.05, 3.63) is 0 Å². The second kappa shape index (κ2) is 4.46. The Morgan fingerprint density at radius 2 is 1.95 bits per heavy atom. The molecule has 1 aliphatic heterocycles. The fourth-order valence-corrected chi connectivity index (χ4v) is 6.30. The average molecular weight is 276 g/mol. The summed E-state index contributed by atoms with van der Waals surface area (Å²) in [6, 6.07) is 0.372. The maximum Gasteiger partial charge on any atom is 0.226 e. The molecular formula is C17H28N2O. The van der Waals surface area contributed by atoms with E-state index in [0.717, 1.165) is 37.8 Å². The molecular weight excluding hydrogens is 248 g/mol. The van der Waals surface area contributed by atoms with Gasteiger partial charge in [0.05, 0.1) is 5.41 Å². The predicted molar refractivity (Wildman–Crippen MR) is 79.3 cm³/mol. The Morgan fingerprint density at radius 1 is 1.20 bits per heavy atom. The number of nitrogens with one attached hydrogen (secondary N) is 2. The molecule has 2 N–H and O–H groups in total. The molecule has 112 valence electrons. The van der Waals surface area contributed by atoms with Crippen LogP contribution < -0.4 is 10.6 Å². The minimum atomic E-state index is -0.00369. The zero-order valence-electron chi connectivity index (χ0n) is 12.7. The van der Waals surface area contributed by atoms with E-state index in [0.29, 0.717) is 17.4 Å². The smallest absolute Gasteiger partial charge is 0.226 e. The van der Waals surface area contributed by atoms with Crippen molar-refractivity contribution in [2.45, 2.75) is 64.3 Å². The summed E-state index contributed by atoms with van der Waals surface area (Å²) < 4.78 is 0. The molecule has 1 saturated heterocycles. The largest absolute Gasteiger partial charge is 0.352 e. The molecule has 4 bridgehead atoms. The van der Waals surface area contributed by atoms with Crippen LogP contribution in [0, 0.1) is 22.7 Å². The van der Waals surface area contributed by atoms with Gasteiger partial charge in [0, 0.05) is 12.6 Å². The summed E-state index contributed by atoms with van der Waals surface area (Å²) in [5.41, 5.74) is 0.461. The lowest BCUT2D eigenvalue weighted by Crippen LogP contribution is -2.59. The van der Waals surface area contributed by atoms with E-state index in [1.54, 1.807) is 0 Å². The van der Waals surface area contributed by atoms with Crippen molar-refractivity contribution in [1.29, 1.82) is 0 Å². The van der Waals surface area contributed by atoms with Crippen molar-refractivity contribution >= 4 is 5.91 Å². The number of hydrogen-bond donors (Lipinski definition) is 2. The molecule has 3 atom stereocenters. The SMILES string of the molecule is CC12CC3CC(C1)CC(C(=O)NC1CCCNC1)(C3)C2. The predicted octanol–water partition coefficient (Wildman–Crippen LogP) is 2.46. The molecule has 5 rings (SSSR count). The highest BCUT2D eigenvalue weighted by molar-refractivity contribution is 5.83. The highest BCUT2D eigenvalue weighted by atomic mass is 16.2. The summed E-state index contributed by atoms with van der Waals surface area (Å²) >= 11 is 0. The Labute approximate surface area is 122 Å². The lowest BCUT2D eigenvalue weighted by Gasteiger charge is -2.60. The zero-order valence-corrected chi connectivity index (χ0v) is 12.7. The van der Waals surface area contributed by atoms with E-state index in [9.17, 15) is 4.79 Å². The molecule has 0 spiro atoms. The van der Waals surface area contributed by atoms with Crippen molar-refractivity contribution in [2.75, 3.05) is 13.1 Å². The van der Waals surface area contributed by atoms with Crippen molar-refractivity contribution in [1.82, 2.24) is 10.6 Å². The lowest BCUT2D eigenvalue weighted by molar-refractivity contribution is -0.156. The normalized spacial score (nSPS) is 50.1. The van der Waals surface area contributed by atoms with Gasteiger partial charge in [-0.15, -0.1) is 0 Å². The Bertz CT molecular complexity index is 399. The molecule has 0 aromatic heterocycles. The van der Waals surface area contributed by atoms with Gasteiger partial charge in [-0.3, -0.25) is 4.79 Å². The fraction of sp³-hybridized carbons (Fsp3) is 0.941. The Morgan fingerprint density at radius 3 is 2.55 bits per heavy atom. The molecule has 3 unspecified atom stereocenters. The van der Waals surface area contributed by atoms with Crippen LogP contribution in [-0.2, 0) is 4.79 Å². The summed E-state index contributed by atoms with van der Waals surface area (Å²) in [5, 5.41) is 6.80. The monoisotopic (exact) mass is 276 g/mol. The molecule has 0 aromatic rings. The third-order valence-corrected chi connectivity index (χ3v) is 6.47. The maximum absolute atomic E-state index is 13.0. The van der Waals surface area contributed by atoms with Crippen molar-refractivity contribution in [3.8, 4) is 0 Å². The molecule has 5 aliphatic rings. The molecule has 1 amide bonds. The van der Waals surface area contributed by atoms with Gasteiger partial charge in [-0.05, 0) is 75.2 Å². The van der Waals surface area contributed by atoms with Gasteiger partial charge in [0.15, 0.2) is 0 Å². The minimum Gasteiger partial charge on any atom is -0.352 e. The number of carbonyl (C=O) groups excluding carboxylic acids is 1. The quantitative estimate of drug-likeness (QED) is 0.813. The average Bonchev–Trinajstić information content (AvgIpc) is 2.37. The first-order chi connectivity index (χ1) is 9.57. The van der Waals surface area contributed by atoms with Crippen LogP contribution in [0.1, 0.15) is 58.3 Å². The van der Waals surface area contributed by atoms with E-state index in [1.165, 1.54) is 38.5 Å². The highest BCUT2D eigenvalue weighted by Gasteiger charge is 2.58. The van der Waals surface area contributed by atoms with Crippen LogP contribution in [-0.4, -0.2) is 25.0 Å². The molecule has 0 aromatic carbocycles. The van der Waals surface area contributed by atoms with Gasteiger partial charge in [0.2, 0.25) is 5.91 Å². The topological polar surface area (TPSA) is 41.1 Å². The third-order valence-electron chi connectivity index (χ3n) is 6.47. The first kappa shape index (κ1) is 13.1. The summed E-state index contributed by atoms with van der Waals surface area (Å²) in [5.74, 6) is 2.06. The van der Waals surface area contributed by atoms with Gasteiger partial charge >= 0.3 is 0 Å². The van der Waals surface area contributed by atoms with Crippen LogP contribution in [0.25, 0.3) is 0 Å². The first-order valence-electron chi connectivity index (χ1n) is 8.59. The third kappa shape index (κ3) is 2.09. The van der Waals surface area contributed by atoms with E-state index in [1.807, 2.05) is 0 Å². The molecule has 3 nitrogen and oxygen atoms in total. The molecule has 3 heteroatoms. The molecule has 4 aliphatic carbocycles. The van der Waals surface area contributed by atoms with Crippen molar-refractivity contribution in [2.24, 2.45) is 22.7 Å². The summed E-state index contributed by atoms with van der Waals surface area (Å²) in [7, 11) is 0. The van der Waals surface area contributed by atoms with Crippen LogP contribution in [0.2, 0.25) is 0 Å². The number of carbonyl (C=O) groups is 1. The van der Waals surface area contributed by atoms with E-state index < -0.39 is 0 Å². The van der Waals surface area contributed by atoms with Gasteiger partial charge in [0.25, 0.3) is 0 Å². The molecule has 4 saturated carbocycles. The van der Waals surface area contributed by atoms with Crippen molar-refractivity contribution in [3.63, 3.8) is 0 Å². The molecule has 0 radical (unpaired) electrons. The van der Waals surface area contributed by atoms with Crippen LogP contribution >= 0.6 is 0 Å². The van der Waals surface area contributed by atoms with E-state index >= 15 is 0 Å². The van der Waals surface area contributed by atoms with Gasteiger partial charge in [-0.25, -0.2) is 0 Å². The summed E-state index contributed by atoms with van der Waals surface area (Å²) in [6.45, 7) is 4.51. The second-order valence-electron chi connectivity index (χ2n) is 8.57. The van der Waals surface area contributed by atoms with Crippen LogP contribution in [0.4, 0.5) is 0 Å². The number of piperidine rings is 1. The van der Waals surface area contributed by atoms with E-state index in [2.05, 4.69) is 17.6 Å². The molecule has 5 fully saturated rings. The minimum absolute atomic E-state index is 0.00369. The molecule has 1 heterocycles. The number of hydrogen-bond acceptors (Lipinski definition) is 2. The van der Waals surface area contributed by atoms with Crippen LogP contribution in [0.15, 0.2) is 0 Å². The van der Waals surface area contributed by atoms with Crippen LogP contribution in [0.5, 0.6) is 0 Å². The van der Waals surface area contributed by atoms with Gasteiger partial charge < -0.3 is 10.6 Å². The van der Waals surface area contributed by atoms with E-state index in [-0.39, 0.29) is 5.41 Å². The Kier molecular flexibility index (Phi) is 2.93. The fourth-order valence-electron chi connectivity index (χ4n) is 6.30. The first-order valence-corrected chi connectivity index (χ1v) is 8.59. The Hall–Kier alpha value is -0.570. The standard InChI is InChI=1S/C17H28N2O/c1-16-6-12-5-13(7-16)9-17(8-12,11-16)15(20)19-14-3-2-4-18-10-14/h12-14,18H,2-11H2,1H3,(H,19,20). The van der Waals surface area contributed by atoms with Gasteiger partial charge in [0.1, 0.15) is 0 Å². The molecule has 20 heavy (non-hydrogen) atoms.